The summed E-state index contributed by atoms with van der Waals surface area (Å²) in [6, 6.07) is 19.7. The summed E-state index contributed by atoms with van der Waals surface area (Å²) < 4.78 is 2.02. The molecular weight excluding hydrogens is 284 g/mol. The lowest BCUT2D eigenvalue weighted by atomic mass is 10.0. The average molecular weight is 304 g/mol. The van der Waals surface area contributed by atoms with E-state index < -0.39 is 0 Å². The molecule has 4 nitrogen and oxygen atoms in total. The van der Waals surface area contributed by atoms with Crippen LogP contribution in [0.3, 0.4) is 0 Å². The summed E-state index contributed by atoms with van der Waals surface area (Å²) in [6.07, 6.45) is 3.78. The van der Waals surface area contributed by atoms with Crippen LogP contribution in [0.4, 0.5) is 0 Å². The second-order valence-electron chi connectivity index (χ2n) is 6.04. The number of hydrogen-bond donors (Lipinski definition) is 1. The Labute approximate surface area is 136 Å². The van der Waals surface area contributed by atoms with Gasteiger partial charge in [-0.15, -0.1) is 0 Å². The zero-order chi connectivity index (χ0) is 15.5. The highest BCUT2D eigenvalue weighted by Gasteiger charge is 2.19. The fourth-order valence-corrected chi connectivity index (χ4v) is 3.16. The van der Waals surface area contributed by atoms with Crippen LogP contribution in [0, 0.1) is 0 Å². The number of rotatable bonds is 4. The molecule has 0 fully saturated rings. The molecule has 0 saturated heterocycles. The molecule has 116 valence electrons. The predicted molar refractivity (Wildman–Crippen MR) is 90.8 cm³/mol. The van der Waals surface area contributed by atoms with E-state index in [1.165, 1.54) is 16.7 Å². The summed E-state index contributed by atoms with van der Waals surface area (Å²) in [5.74, 6) is 1.11. The molecule has 0 spiro atoms. The Bertz CT molecular complexity index is 779. The van der Waals surface area contributed by atoms with Crippen molar-refractivity contribution < 1.29 is 0 Å². The van der Waals surface area contributed by atoms with Crippen LogP contribution in [0.1, 0.15) is 17.8 Å². The molecule has 3 aromatic rings. The van der Waals surface area contributed by atoms with Gasteiger partial charge in [0.15, 0.2) is 0 Å². The van der Waals surface area contributed by atoms with Gasteiger partial charge in [-0.05, 0) is 29.2 Å². The maximum Gasteiger partial charge on any atom is 0.138 e. The van der Waals surface area contributed by atoms with E-state index in [9.17, 15) is 0 Å². The molecule has 0 saturated carbocycles. The van der Waals surface area contributed by atoms with Crippen LogP contribution in [-0.4, -0.2) is 20.8 Å². The van der Waals surface area contributed by atoms with E-state index in [4.69, 9.17) is 0 Å². The van der Waals surface area contributed by atoms with Crippen LogP contribution in [0.15, 0.2) is 60.9 Å². The van der Waals surface area contributed by atoms with Crippen LogP contribution in [0.5, 0.6) is 0 Å². The van der Waals surface area contributed by atoms with Gasteiger partial charge in [0.2, 0.25) is 0 Å². The Hall–Kier alpha value is -2.46. The molecule has 0 radical (unpaired) electrons. The Morgan fingerprint density at radius 3 is 2.83 bits per heavy atom. The van der Waals surface area contributed by atoms with Crippen molar-refractivity contribution in [2.45, 2.75) is 32.0 Å². The van der Waals surface area contributed by atoms with Crippen molar-refractivity contribution in [3.63, 3.8) is 0 Å². The summed E-state index contributed by atoms with van der Waals surface area (Å²) >= 11 is 0. The topological polar surface area (TPSA) is 42.7 Å². The van der Waals surface area contributed by atoms with Gasteiger partial charge in [0.25, 0.3) is 0 Å². The summed E-state index contributed by atoms with van der Waals surface area (Å²) in [5.41, 5.74) is 3.85. The van der Waals surface area contributed by atoms with E-state index >= 15 is 0 Å². The average Bonchev–Trinajstić information content (AvgIpc) is 3.09. The van der Waals surface area contributed by atoms with Crippen molar-refractivity contribution in [2.75, 3.05) is 0 Å². The molecule has 0 amide bonds. The minimum Gasteiger partial charge on any atom is -0.308 e. The van der Waals surface area contributed by atoms with Gasteiger partial charge >= 0.3 is 0 Å². The highest BCUT2D eigenvalue weighted by Crippen LogP contribution is 2.20. The molecule has 1 N–H and O–H groups in total. The Morgan fingerprint density at radius 2 is 1.91 bits per heavy atom. The number of fused-ring (bicyclic) bond motifs is 1. The fourth-order valence-electron chi connectivity index (χ4n) is 3.16. The maximum absolute atomic E-state index is 4.28. The molecule has 1 aliphatic heterocycles. The van der Waals surface area contributed by atoms with Crippen molar-refractivity contribution in [1.82, 2.24) is 20.1 Å². The molecule has 0 aliphatic carbocycles. The van der Waals surface area contributed by atoms with E-state index in [0.717, 1.165) is 31.8 Å². The summed E-state index contributed by atoms with van der Waals surface area (Å²) in [6.45, 7) is 1.79. The van der Waals surface area contributed by atoms with Gasteiger partial charge in [-0.1, -0.05) is 48.5 Å². The summed E-state index contributed by atoms with van der Waals surface area (Å²) in [5, 5.41) is 7.94. The van der Waals surface area contributed by atoms with Gasteiger partial charge in [-0.25, -0.2) is 9.67 Å². The van der Waals surface area contributed by atoms with Crippen molar-refractivity contribution in [1.29, 1.82) is 0 Å². The van der Waals surface area contributed by atoms with Gasteiger partial charge in [-0.2, -0.15) is 5.10 Å². The van der Waals surface area contributed by atoms with E-state index in [0.29, 0.717) is 6.04 Å². The number of aromatic nitrogens is 3. The lowest BCUT2D eigenvalue weighted by Crippen LogP contribution is -2.37. The van der Waals surface area contributed by atoms with E-state index in [1.807, 2.05) is 4.68 Å². The van der Waals surface area contributed by atoms with Crippen molar-refractivity contribution in [3.05, 3.63) is 72.3 Å². The minimum absolute atomic E-state index is 0.463. The minimum atomic E-state index is 0.463. The number of aryl methyl sites for hydroxylation is 1. The first kappa shape index (κ1) is 14.2. The Morgan fingerprint density at radius 1 is 1.04 bits per heavy atom. The van der Waals surface area contributed by atoms with Crippen molar-refractivity contribution >= 4 is 0 Å². The number of nitrogens with one attached hydrogen (secondary N) is 1. The first-order chi connectivity index (χ1) is 11.4. The standard InChI is InChI=1S/C19H20N4/c1-2-6-16(7-3-1)17-8-4-5-15(11-17)12-20-18-9-10-19-21-14-22-23(19)13-18/h1-8,11,14,18,20H,9-10,12-13H2/t18-/m0/s1. The number of hydrogen-bond acceptors (Lipinski definition) is 3. The molecule has 2 heterocycles. The smallest absolute Gasteiger partial charge is 0.138 e. The Kier molecular flexibility index (Phi) is 3.90. The van der Waals surface area contributed by atoms with Gasteiger partial charge in [0.05, 0.1) is 6.54 Å². The maximum atomic E-state index is 4.28. The lowest BCUT2D eigenvalue weighted by Gasteiger charge is -2.23. The second kappa shape index (κ2) is 6.34. The van der Waals surface area contributed by atoms with E-state index in [-0.39, 0.29) is 0 Å². The fraction of sp³-hybridized carbons (Fsp3) is 0.263. The summed E-state index contributed by atoms with van der Waals surface area (Å²) in [4.78, 5) is 4.28. The number of nitrogens with zero attached hydrogens (tertiary/aromatic N) is 3. The molecule has 23 heavy (non-hydrogen) atoms. The largest absolute Gasteiger partial charge is 0.308 e. The highest BCUT2D eigenvalue weighted by molar-refractivity contribution is 5.63. The van der Waals surface area contributed by atoms with Crippen LogP contribution in [-0.2, 0) is 19.5 Å². The van der Waals surface area contributed by atoms with Gasteiger partial charge in [0, 0.05) is 19.0 Å². The summed E-state index contributed by atoms with van der Waals surface area (Å²) in [7, 11) is 0. The van der Waals surface area contributed by atoms with Gasteiger partial charge in [-0.3, -0.25) is 0 Å². The normalized spacial score (nSPS) is 17.0. The first-order valence-corrected chi connectivity index (χ1v) is 8.13. The molecule has 0 unspecified atom stereocenters. The third kappa shape index (κ3) is 3.17. The van der Waals surface area contributed by atoms with Crippen LogP contribution < -0.4 is 5.32 Å². The predicted octanol–water partition coefficient (Wildman–Crippen LogP) is 3.05. The molecule has 4 rings (SSSR count). The van der Waals surface area contributed by atoms with Crippen LogP contribution >= 0.6 is 0 Å². The second-order valence-corrected chi connectivity index (χ2v) is 6.04. The van der Waals surface area contributed by atoms with Gasteiger partial charge in [0.1, 0.15) is 12.2 Å². The third-order valence-electron chi connectivity index (χ3n) is 4.43. The van der Waals surface area contributed by atoms with E-state index in [2.05, 4.69) is 70.0 Å². The SMILES string of the molecule is c1ccc(-c2cccc(CN[C@H]3CCc4ncnn4C3)c2)cc1. The quantitative estimate of drug-likeness (QED) is 0.805. The monoisotopic (exact) mass is 304 g/mol. The molecule has 1 atom stereocenters. The van der Waals surface area contributed by atoms with E-state index in [1.54, 1.807) is 6.33 Å². The highest BCUT2D eigenvalue weighted by atomic mass is 15.3. The molecule has 1 aromatic heterocycles. The molecule has 0 bridgehead atoms. The molecule has 1 aliphatic rings. The number of benzene rings is 2. The lowest BCUT2D eigenvalue weighted by molar-refractivity contribution is 0.358. The first-order valence-electron chi connectivity index (χ1n) is 8.13. The molecular formula is C19H20N4. The van der Waals surface area contributed by atoms with Crippen LogP contribution in [0.2, 0.25) is 0 Å². The third-order valence-corrected chi connectivity index (χ3v) is 4.43. The zero-order valence-electron chi connectivity index (χ0n) is 13.0. The molecule has 2 aromatic carbocycles. The van der Waals surface area contributed by atoms with Crippen molar-refractivity contribution in [3.8, 4) is 11.1 Å². The van der Waals surface area contributed by atoms with Gasteiger partial charge < -0.3 is 5.32 Å². The molecule has 4 heteroatoms. The van der Waals surface area contributed by atoms with Crippen LogP contribution in [0.25, 0.3) is 11.1 Å². The van der Waals surface area contributed by atoms with Crippen molar-refractivity contribution in [2.24, 2.45) is 0 Å². The Balaban J connectivity index is 1.42. The zero-order valence-corrected chi connectivity index (χ0v) is 13.0.